The minimum absolute atomic E-state index is 0.0944. The third-order valence-electron chi connectivity index (χ3n) is 2.13. The largest absolute Gasteiger partial charge is 0.476 e. The molecule has 0 aliphatic heterocycles. The van der Waals surface area contributed by atoms with E-state index in [2.05, 4.69) is 4.98 Å². The fourth-order valence-corrected chi connectivity index (χ4v) is 2.00. The molecule has 0 aromatic carbocycles. The summed E-state index contributed by atoms with van der Waals surface area (Å²) in [7, 11) is 1.51. The zero-order valence-electron chi connectivity index (χ0n) is 9.83. The lowest BCUT2D eigenvalue weighted by atomic mass is 10.4. The number of amides is 1. The van der Waals surface area contributed by atoms with E-state index in [1.807, 2.05) is 0 Å². The SMILES string of the molecule is COCCN(CCO)C(=O)c1nc(C(=O)O)cs1. The van der Waals surface area contributed by atoms with E-state index in [9.17, 15) is 9.59 Å². The van der Waals surface area contributed by atoms with Crippen LogP contribution in [0.15, 0.2) is 5.38 Å². The molecule has 0 aliphatic rings. The average molecular weight is 274 g/mol. The summed E-state index contributed by atoms with van der Waals surface area (Å²) in [6.07, 6.45) is 0. The van der Waals surface area contributed by atoms with Crippen LogP contribution < -0.4 is 0 Å². The maximum absolute atomic E-state index is 12.0. The van der Waals surface area contributed by atoms with E-state index in [0.717, 1.165) is 11.3 Å². The Labute approximate surface area is 108 Å². The van der Waals surface area contributed by atoms with Gasteiger partial charge in [0.2, 0.25) is 0 Å². The summed E-state index contributed by atoms with van der Waals surface area (Å²) in [5.74, 6) is -1.57. The molecule has 0 radical (unpaired) electrons. The van der Waals surface area contributed by atoms with Gasteiger partial charge in [-0.2, -0.15) is 0 Å². The number of carboxylic acids is 1. The molecular weight excluding hydrogens is 260 g/mol. The average Bonchev–Trinajstić information content (AvgIpc) is 2.83. The minimum Gasteiger partial charge on any atom is -0.476 e. The minimum atomic E-state index is -1.17. The first-order valence-electron chi connectivity index (χ1n) is 5.18. The van der Waals surface area contributed by atoms with Gasteiger partial charge in [0.15, 0.2) is 10.7 Å². The number of carbonyl (C=O) groups is 2. The smallest absolute Gasteiger partial charge is 0.355 e. The maximum Gasteiger partial charge on any atom is 0.355 e. The Hall–Kier alpha value is -1.51. The first-order valence-corrected chi connectivity index (χ1v) is 6.06. The van der Waals surface area contributed by atoms with Gasteiger partial charge < -0.3 is 19.8 Å². The van der Waals surface area contributed by atoms with Gasteiger partial charge >= 0.3 is 5.97 Å². The van der Waals surface area contributed by atoms with Crippen LogP contribution in [0, 0.1) is 0 Å². The van der Waals surface area contributed by atoms with E-state index in [1.54, 1.807) is 0 Å². The Morgan fingerprint density at radius 1 is 1.50 bits per heavy atom. The summed E-state index contributed by atoms with van der Waals surface area (Å²) in [6.45, 7) is 0.636. The lowest BCUT2D eigenvalue weighted by molar-refractivity contribution is 0.0655. The molecule has 1 amide bonds. The summed E-state index contributed by atoms with van der Waals surface area (Å²) >= 11 is 0.968. The molecule has 1 rings (SSSR count). The van der Waals surface area contributed by atoms with Crippen molar-refractivity contribution in [2.75, 3.05) is 33.4 Å². The van der Waals surface area contributed by atoms with Gasteiger partial charge in [0, 0.05) is 25.6 Å². The van der Waals surface area contributed by atoms with E-state index >= 15 is 0 Å². The number of thiazole rings is 1. The van der Waals surface area contributed by atoms with Crippen LogP contribution in [0.25, 0.3) is 0 Å². The quantitative estimate of drug-likeness (QED) is 0.721. The van der Waals surface area contributed by atoms with Crippen molar-refractivity contribution in [3.8, 4) is 0 Å². The van der Waals surface area contributed by atoms with Gasteiger partial charge in [-0.05, 0) is 0 Å². The van der Waals surface area contributed by atoms with E-state index < -0.39 is 11.9 Å². The molecular formula is C10H14N2O5S. The molecule has 0 aliphatic carbocycles. The predicted octanol–water partition coefficient (Wildman–Crippen LogP) is -0.0778. The first-order chi connectivity index (χ1) is 8.60. The molecule has 100 valence electrons. The number of aromatic nitrogens is 1. The number of ether oxygens (including phenoxy) is 1. The van der Waals surface area contributed by atoms with E-state index in [-0.39, 0.29) is 23.9 Å². The van der Waals surface area contributed by atoms with Crippen LogP contribution in [0.3, 0.4) is 0 Å². The molecule has 0 fully saturated rings. The number of aromatic carboxylic acids is 1. The van der Waals surface area contributed by atoms with Gasteiger partial charge in [0.05, 0.1) is 13.2 Å². The van der Waals surface area contributed by atoms with E-state index in [1.165, 1.54) is 17.4 Å². The molecule has 1 heterocycles. The van der Waals surface area contributed by atoms with Crippen LogP contribution in [0.1, 0.15) is 20.3 Å². The Morgan fingerprint density at radius 3 is 2.72 bits per heavy atom. The molecule has 18 heavy (non-hydrogen) atoms. The number of nitrogens with zero attached hydrogens (tertiary/aromatic N) is 2. The van der Waals surface area contributed by atoms with Crippen LogP contribution >= 0.6 is 11.3 Å². The Morgan fingerprint density at radius 2 is 2.22 bits per heavy atom. The molecule has 0 atom stereocenters. The molecule has 0 spiro atoms. The van der Waals surface area contributed by atoms with Crippen LogP contribution in [-0.4, -0.2) is 65.4 Å². The third-order valence-corrected chi connectivity index (χ3v) is 2.96. The van der Waals surface area contributed by atoms with Gasteiger partial charge in [-0.25, -0.2) is 9.78 Å². The Kier molecular flexibility index (Phi) is 5.69. The van der Waals surface area contributed by atoms with Crippen LogP contribution in [0.2, 0.25) is 0 Å². The lowest BCUT2D eigenvalue weighted by Crippen LogP contribution is -2.36. The number of aliphatic hydroxyl groups is 1. The molecule has 1 aromatic rings. The van der Waals surface area contributed by atoms with Crippen molar-refractivity contribution in [3.05, 3.63) is 16.1 Å². The van der Waals surface area contributed by atoms with Gasteiger partial charge in [-0.3, -0.25) is 4.79 Å². The summed E-state index contributed by atoms with van der Waals surface area (Å²) in [6, 6.07) is 0. The highest BCUT2D eigenvalue weighted by molar-refractivity contribution is 7.11. The predicted molar refractivity (Wildman–Crippen MR) is 63.9 cm³/mol. The topological polar surface area (TPSA) is 100.0 Å². The number of methoxy groups -OCH3 is 1. The third kappa shape index (κ3) is 3.76. The van der Waals surface area contributed by atoms with Crippen LogP contribution in [0.4, 0.5) is 0 Å². The van der Waals surface area contributed by atoms with Crippen LogP contribution in [-0.2, 0) is 4.74 Å². The molecule has 7 nitrogen and oxygen atoms in total. The summed E-state index contributed by atoms with van der Waals surface area (Å²) in [4.78, 5) is 27.7. The van der Waals surface area contributed by atoms with Crippen molar-refractivity contribution in [3.63, 3.8) is 0 Å². The Bertz CT molecular complexity index is 420. The molecule has 0 unspecified atom stereocenters. The highest BCUT2D eigenvalue weighted by atomic mass is 32.1. The molecule has 8 heteroatoms. The van der Waals surface area contributed by atoms with Crippen molar-refractivity contribution in [1.82, 2.24) is 9.88 Å². The standard InChI is InChI=1S/C10H14N2O5S/c1-17-5-3-12(2-4-13)9(14)8-11-7(6-18-8)10(15)16/h6,13H,2-5H2,1H3,(H,15,16). The number of carbonyl (C=O) groups excluding carboxylic acids is 1. The second kappa shape index (κ2) is 7.04. The number of aliphatic hydroxyl groups excluding tert-OH is 1. The number of hydrogen-bond donors (Lipinski definition) is 2. The van der Waals surface area contributed by atoms with Crippen LogP contribution in [0.5, 0.6) is 0 Å². The van der Waals surface area contributed by atoms with Gasteiger partial charge in [0.1, 0.15) is 0 Å². The Balaban J connectivity index is 2.77. The van der Waals surface area contributed by atoms with Crippen molar-refractivity contribution < 1.29 is 24.5 Å². The van der Waals surface area contributed by atoms with Crippen molar-refractivity contribution in [2.45, 2.75) is 0 Å². The highest BCUT2D eigenvalue weighted by Crippen LogP contribution is 2.12. The number of hydrogen-bond acceptors (Lipinski definition) is 6. The molecule has 1 aromatic heterocycles. The monoisotopic (exact) mass is 274 g/mol. The first kappa shape index (κ1) is 14.6. The summed E-state index contributed by atoms with van der Waals surface area (Å²) in [5.41, 5.74) is -0.154. The fourth-order valence-electron chi connectivity index (χ4n) is 1.24. The molecule has 0 saturated heterocycles. The molecule has 2 N–H and O–H groups in total. The second-order valence-electron chi connectivity index (χ2n) is 3.35. The zero-order valence-corrected chi connectivity index (χ0v) is 10.6. The van der Waals surface area contributed by atoms with Gasteiger partial charge in [-0.15, -0.1) is 11.3 Å². The van der Waals surface area contributed by atoms with E-state index in [4.69, 9.17) is 14.9 Å². The second-order valence-corrected chi connectivity index (χ2v) is 4.21. The number of rotatable bonds is 7. The fraction of sp³-hybridized carbons (Fsp3) is 0.500. The summed E-state index contributed by atoms with van der Waals surface area (Å²) in [5, 5.41) is 19.0. The van der Waals surface area contributed by atoms with Crippen molar-refractivity contribution in [2.24, 2.45) is 0 Å². The van der Waals surface area contributed by atoms with Gasteiger partial charge in [-0.1, -0.05) is 0 Å². The molecule has 0 bridgehead atoms. The normalized spacial score (nSPS) is 10.3. The van der Waals surface area contributed by atoms with Gasteiger partial charge in [0.25, 0.3) is 5.91 Å². The van der Waals surface area contributed by atoms with E-state index in [0.29, 0.717) is 13.2 Å². The highest BCUT2D eigenvalue weighted by Gasteiger charge is 2.20. The zero-order chi connectivity index (χ0) is 13.5. The van der Waals surface area contributed by atoms with Crippen molar-refractivity contribution >= 4 is 23.2 Å². The number of carboxylic acid groups (broad SMARTS) is 1. The lowest BCUT2D eigenvalue weighted by Gasteiger charge is -2.19. The summed E-state index contributed by atoms with van der Waals surface area (Å²) < 4.78 is 4.86. The maximum atomic E-state index is 12.0. The van der Waals surface area contributed by atoms with Crippen molar-refractivity contribution in [1.29, 1.82) is 0 Å². The molecule has 0 saturated carbocycles.